The standard InChI is InChI=1S/C22H15Cl2F7O/c1-3-4-15-18(23)8-13(9-19(15)24)16(21(26,27)28)10-20(25)12-5-6-14(11(2)32)17(7-12)22(29,30)31/h3-10,16H,1-2H3/b4-3+,20-10-. The van der Waals surface area contributed by atoms with Gasteiger partial charge in [-0.2, -0.15) is 26.3 Å². The molecule has 0 heterocycles. The molecule has 0 aliphatic carbocycles. The van der Waals surface area contributed by atoms with Gasteiger partial charge in [-0.3, -0.25) is 4.79 Å². The van der Waals surface area contributed by atoms with Crippen molar-refractivity contribution in [1.82, 2.24) is 0 Å². The largest absolute Gasteiger partial charge is 0.417 e. The predicted octanol–water partition coefficient (Wildman–Crippen LogP) is 8.90. The molecule has 2 aromatic rings. The summed E-state index contributed by atoms with van der Waals surface area (Å²) in [5.74, 6) is -5.02. The zero-order chi connectivity index (χ0) is 24.4. The molecule has 0 N–H and O–H groups in total. The first-order valence-electron chi connectivity index (χ1n) is 8.95. The Morgan fingerprint density at radius 2 is 1.56 bits per heavy atom. The maximum atomic E-state index is 14.7. The monoisotopic (exact) mass is 498 g/mol. The van der Waals surface area contributed by atoms with Gasteiger partial charge in [-0.05, 0) is 43.7 Å². The van der Waals surface area contributed by atoms with E-state index in [0.29, 0.717) is 6.07 Å². The molecule has 0 spiro atoms. The molecule has 0 aromatic heterocycles. The molecule has 1 unspecified atom stereocenters. The van der Waals surface area contributed by atoms with Crippen molar-refractivity contribution in [1.29, 1.82) is 0 Å². The van der Waals surface area contributed by atoms with Gasteiger partial charge in [0.1, 0.15) is 11.7 Å². The lowest BCUT2D eigenvalue weighted by Crippen LogP contribution is -2.19. The molecule has 0 saturated heterocycles. The predicted molar refractivity (Wildman–Crippen MR) is 110 cm³/mol. The van der Waals surface area contributed by atoms with Crippen LogP contribution in [-0.2, 0) is 6.18 Å². The van der Waals surface area contributed by atoms with Crippen LogP contribution in [0.4, 0.5) is 30.7 Å². The fraction of sp³-hybridized carbons (Fsp3) is 0.227. The maximum absolute atomic E-state index is 14.7. The molecule has 0 saturated carbocycles. The van der Waals surface area contributed by atoms with Gasteiger partial charge in [-0.25, -0.2) is 4.39 Å². The Morgan fingerprint density at radius 1 is 1.00 bits per heavy atom. The van der Waals surface area contributed by atoms with Crippen molar-refractivity contribution < 1.29 is 35.5 Å². The van der Waals surface area contributed by atoms with Gasteiger partial charge < -0.3 is 0 Å². The number of allylic oxidation sites excluding steroid dienone is 2. The van der Waals surface area contributed by atoms with Crippen molar-refractivity contribution in [3.8, 4) is 0 Å². The summed E-state index contributed by atoms with van der Waals surface area (Å²) in [6, 6.07) is 3.75. The third-order valence-corrected chi connectivity index (χ3v) is 5.06. The van der Waals surface area contributed by atoms with Crippen LogP contribution in [0.1, 0.15) is 52.4 Å². The topological polar surface area (TPSA) is 17.1 Å². The molecule has 1 nitrogen and oxygen atoms in total. The first kappa shape index (κ1) is 25.9. The van der Waals surface area contributed by atoms with Crippen LogP contribution in [-0.4, -0.2) is 12.0 Å². The summed E-state index contributed by atoms with van der Waals surface area (Å²) in [6.45, 7) is 2.53. The number of carbonyl (C=O) groups is 1. The Bertz CT molecular complexity index is 1060. The van der Waals surface area contributed by atoms with Crippen LogP contribution in [0, 0.1) is 0 Å². The van der Waals surface area contributed by atoms with Gasteiger partial charge in [-0.15, -0.1) is 0 Å². The van der Waals surface area contributed by atoms with Gasteiger partial charge in [-0.1, -0.05) is 47.5 Å². The number of benzene rings is 2. The summed E-state index contributed by atoms with van der Waals surface area (Å²) in [6.07, 6.45) is -6.83. The quantitative estimate of drug-likeness (QED) is 0.297. The Balaban J connectivity index is 2.63. The summed E-state index contributed by atoms with van der Waals surface area (Å²) >= 11 is 12.0. The first-order chi connectivity index (χ1) is 14.7. The van der Waals surface area contributed by atoms with E-state index >= 15 is 0 Å². The Hall–Kier alpha value is -2.32. The van der Waals surface area contributed by atoms with E-state index < -0.39 is 52.1 Å². The van der Waals surface area contributed by atoms with Gasteiger partial charge >= 0.3 is 12.4 Å². The highest BCUT2D eigenvalue weighted by Gasteiger charge is 2.41. The minimum absolute atomic E-state index is 0.112. The van der Waals surface area contributed by atoms with E-state index in [-0.39, 0.29) is 21.7 Å². The summed E-state index contributed by atoms with van der Waals surface area (Å²) in [4.78, 5) is 11.4. The Morgan fingerprint density at radius 3 is 2.00 bits per heavy atom. The molecule has 2 aromatic carbocycles. The van der Waals surface area contributed by atoms with Crippen molar-refractivity contribution in [2.45, 2.75) is 32.1 Å². The van der Waals surface area contributed by atoms with E-state index in [9.17, 15) is 35.5 Å². The van der Waals surface area contributed by atoms with E-state index in [1.54, 1.807) is 13.0 Å². The van der Waals surface area contributed by atoms with E-state index in [0.717, 1.165) is 31.2 Å². The fourth-order valence-corrected chi connectivity index (χ4v) is 3.60. The van der Waals surface area contributed by atoms with Crippen molar-refractivity contribution in [2.75, 3.05) is 0 Å². The summed E-state index contributed by atoms with van der Waals surface area (Å²) in [7, 11) is 0. The number of Topliss-reactive ketones (excluding diaryl/α,β-unsaturated/α-hetero) is 1. The van der Waals surface area contributed by atoms with E-state index in [4.69, 9.17) is 23.2 Å². The molecule has 0 radical (unpaired) electrons. The lowest BCUT2D eigenvalue weighted by atomic mass is 9.94. The van der Waals surface area contributed by atoms with Crippen molar-refractivity contribution >= 4 is 40.9 Å². The number of alkyl halides is 6. The number of hydrogen-bond acceptors (Lipinski definition) is 1. The highest BCUT2D eigenvalue weighted by molar-refractivity contribution is 6.37. The molecular formula is C22H15Cl2F7O. The SMILES string of the molecule is C/C=C/c1c(Cl)cc(C(/C=C(\F)c2ccc(C(C)=O)c(C(F)(F)F)c2)C(F)(F)F)cc1Cl. The lowest BCUT2D eigenvalue weighted by Gasteiger charge is -2.19. The fourth-order valence-electron chi connectivity index (χ4n) is 2.97. The van der Waals surface area contributed by atoms with Gasteiger partial charge in [0.25, 0.3) is 0 Å². The van der Waals surface area contributed by atoms with Gasteiger partial charge in [0.05, 0.1) is 5.56 Å². The summed E-state index contributed by atoms with van der Waals surface area (Å²) in [5.41, 5.74) is -3.16. The smallest absolute Gasteiger partial charge is 0.294 e. The normalized spacial score (nSPS) is 14.2. The van der Waals surface area contributed by atoms with Crippen LogP contribution in [0.5, 0.6) is 0 Å². The van der Waals surface area contributed by atoms with Gasteiger partial charge in [0, 0.05) is 26.7 Å². The second-order valence-electron chi connectivity index (χ2n) is 6.75. The molecule has 32 heavy (non-hydrogen) atoms. The van der Waals surface area contributed by atoms with E-state index in [1.165, 1.54) is 6.08 Å². The zero-order valence-corrected chi connectivity index (χ0v) is 18.0. The molecule has 0 aliphatic rings. The Labute approximate surface area is 189 Å². The van der Waals surface area contributed by atoms with Crippen LogP contribution in [0.2, 0.25) is 10.0 Å². The van der Waals surface area contributed by atoms with Crippen LogP contribution in [0.15, 0.2) is 42.5 Å². The van der Waals surface area contributed by atoms with Crippen LogP contribution in [0.3, 0.4) is 0 Å². The number of halogens is 9. The minimum Gasteiger partial charge on any atom is -0.294 e. The van der Waals surface area contributed by atoms with Crippen molar-refractivity contribution in [3.63, 3.8) is 0 Å². The maximum Gasteiger partial charge on any atom is 0.417 e. The average Bonchev–Trinajstić information content (AvgIpc) is 2.66. The molecule has 1 atom stereocenters. The van der Waals surface area contributed by atoms with Crippen molar-refractivity contribution in [3.05, 3.63) is 80.3 Å². The molecule has 10 heteroatoms. The van der Waals surface area contributed by atoms with Gasteiger partial charge in [0.2, 0.25) is 0 Å². The molecule has 0 bridgehead atoms. The van der Waals surface area contributed by atoms with Crippen molar-refractivity contribution in [2.24, 2.45) is 0 Å². The molecule has 0 amide bonds. The van der Waals surface area contributed by atoms with E-state index in [1.807, 2.05) is 0 Å². The highest BCUT2D eigenvalue weighted by Crippen LogP contribution is 2.42. The molecular weight excluding hydrogens is 484 g/mol. The zero-order valence-electron chi connectivity index (χ0n) is 16.5. The average molecular weight is 499 g/mol. The minimum atomic E-state index is -5.01. The number of carbonyl (C=O) groups excluding carboxylic acids is 1. The molecule has 172 valence electrons. The Kier molecular flexibility index (Phi) is 7.83. The van der Waals surface area contributed by atoms with Crippen LogP contribution < -0.4 is 0 Å². The summed E-state index contributed by atoms with van der Waals surface area (Å²) < 4.78 is 95.6. The third kappa shape index (κ3) is 5.92. The summed E-state index contributed by atoms with van der Waals surface area (Å²) in [5, 5.41) is -0.224. The molecule has 0 aliphatic heterocycles. The van der Waals surface area contributed by atoms with Crippen LogP contribution in [0.25, 0.3) is 11.9 Å². The number of rotatable bonds is 5. The first-order valence-corrected chi connectivity index (χ1v) is 9.70. The molecule has 0 fully saturated rings. The lowest BCUT2D eigenvalue weighted by molar-refractivity contribution is -0.140. The van der Waals surface area contributed by atoms with E-state index in [2.05, 4.69) is 0 Å². The number of hydrogen-bond donors (Lipinski definition) is 0. The second kappa shape index (κ2) is 9.67. The number of ketones is 1. The molecule has 2 rings (SSSR count). The third-order valence-electron chi connectivity index (χ3n) is 4.44. The van der Waals surface area contributed by atoms with Crippen LogP contribution >= 0.6 is 23.2 Å². The second-order valence-corrected chi connectivity index (χ2v) is 7.56. The van der Waals surface area contributed by atoms with Gasteiger partial charge in [0.15, 0.2) is 5.78 Å². The highest BCUT2D eigenvalue weighted by atomic mass is 35.5.